The maximum absolute atomic E-state index is 11.8. The highest BCUT2D eigenvalue weighted by atomic mass is 16.6. The van der Waals surface area contributed by atoms with Gasteiger partial charge in [-0.3, -0.25) is 10.1 Å². The van der Waals surface area contributed by atoms with Crippen LogP contribution < -0.4 is 10.5 Å². The molecule has 7 nitrogen and oxygen atoms in total. The number of nitro groups is 1. The van der Waals surface area contributed by atoms with Gasteiger partial charge in [-0.05, 0) is 30.9 Å². The summed E-state index contributed by atoms with van der Waals surface area (Å²) in [6.07, 6.45) is 1.74. The van der Waals surface area contributed by atoms with Crippen LogP contribution in [-0.2, 0) is 9.53 Å². The molecule has 1 aliphatic carbocycles. The van der Waals surface area contributed by atoms with E-state index < -0.39 is 16.4 Å². The van der Waals surface area contributed by atoms with Crippen LogP contribution in [-0.4, -0.2) is 30.1 Å². The van der Waals surface area contributed by atoms with Crippen molar-refractivity contribution in [3.05, 3.63) is 34.4 Å². The van der Waals surface area contributed by atoms with Crippen molar-refractivity contribution in [2.24, 2.45) is 11.7 Å². The normalized spacial score (nSPS) is 17.1. The number of carbonyl (C=O) groups is 1. The van der Waals surface area contributed by atoms with Gasteiger partial charge in [-0.25, -0.2) is 4.79 Å². The van der Waals surface area contributed by atoms with Crippen LogP contribution in [0.15, 0.2) is 24.3 Å². The number of rotatable bonds is 6. The molecule has 0 radical (unpaired) electrons. The average Bonchev–Trinajstić information content (AvgIpc) is 3.29. The standard InChI is InChI=1S/C13H16N2O5/c1-19-12(16)13(14,9-2-3-9)8-20-11-6-4-10(5-7-11)15(17)18/h4-7,9H,2-3,8,14H2,1H3. The van der Waals surface area contributed by atoms with E-state index in [2.05, 4.69) is 0 Å². The van der Waals surface area contributed by atoms with Crippen molar-refractivity contribution < 1.29 is 19.2 Å². The number of carbonyl (C=O) groups excluding carboxylic acids is 1. The van der Waals surface area contributed by atoms with Crippen LogP contribution in [0.2, 0.25) is 0 Å². The monoisotopic (exact) mass is 280 g/mol. The summed E-state index contributed by atoms with van der Waals surface area (Å²) in [5.74, 6) is -0.00936. The molecule has 0 amide bonds. The molecule has 20 heavy (non-hydrogen) atoms. The summed E-state index contributed by atoms with van der Waals surface area (Å²) in [4.78, 5) is 21.8. The van der Waals surface area contributed by atoms with E-state index in [-0.39, 0.29) is 18.2 Å². The fourth-order valence-electron chi connectivity index (χ4n) is 2.00. The quantitative estimate of drug-likeness (QED) is 0.477. The highest BCUT2D eigenvalue weighted by Crippen LogP contribution is 2.39. The van der Waals surface area contributed by atoms with E-state index in [9.17, 15) is 14.9 Å². The summed E-state index contributed by atoms with van der Waals surface area (Å²) in [7, 11) is 1.29. The van der Waals surface area contributed by atoms with E-state index in [0.29, 0.717) is 5.75 Å². The van der Waals surface area contributed by atoms with Crippen LogP contribution in [0.3, 0.4) is 0 Å². The molecule has 108 valence electrons. The molecule has 0 aromatic heterocycles. The largest absolute Gasteiger partial charge is 0.491 e. The zero-order valence-electron chi connectivity index (χ0n) is 11.1. The van der Waals surface area contributed by atoms with Crippen LogP contribution in [0.5, 0.6) is 5.75 Å². The van der Waals surface area contributed by atoms with E-state index in [1.54, 1.807) is 0 Å². The van der Waals surface area contributed by atoms with Gasteiger partial charge in [-0.2, -0.15) is 0 Å². The highest BCUT2D eigenvalue weighted by Gasteiger charge is 2.49. The molecule has 2 rings (SSSR count). The van der Waals surface area contributed by atoms with E-state index in [4.69, 9.17) is 15.2 Å². The van der Waals surface area contributed by atoms with Crippen molar-refractivity contribution >= 4 is 11.7 Å². The Hall–Kier alpha value is -2.15. The fraction of sp³-hybridized carbons (Fsp3) is 0.462. The van der Waals surface area contributed by atoms with E-state index in [1.165, 1.54) is 31.4 Å². The summed E-state index contributed by atoms with van der Waals surface area (Å²) in [5.41, 5.74) is 4.90. The second kappa shape index (κ2) is 5.46. The Labute approximate surface area is 115 Å². The van der Waals surface area contributed by atoms with Gasteiger partial charge in [0.05, 0.1) is 12.0 Å². The molecule has 1 aromatic rings. The zero-order chi connectivity index (χ0) is 14.8. The SMILES string of the molecule is COC(=O)C(N)(COc1ccc([N+](=O)[O-])cc1)C1CC1. The number of hydrogen-bond acceptors (Lipinski definition) is 6. The molecule has 0 saturated heterocycles. The van der Waals surface area contributed by atoms with Crippen molar-refractivity contribution in [3.63, 3.8) is 0 Å². The minimum Gasteiger partial charge on any atom is -0.491 e. The number of ether oxygens (including phenoxy) is 2. The van der Waals surface area contributed by atoms with Gasteiger partial charge in [-0.15, -0.1) is 0 Å². The van der Waals surface area contributed by atoms with Crippen molar-refractivity contribution in [3.8, 4) is 5.75 Å². The van der Waals surface area contributed by atoms with Crippen molar-refractivity contribution in [2.45, 2.75) is 18.4 Å². The molecule has 0 aliphatic heterocycles. The number of non-ortho nitro benzene ring substituents is 1. The average molecular weight is 280 g/mol. The lowest BCUT2D eigenvalue weighted by atomic mass is 9.96. The molecule has 1 aromatic carbocycles. The molecule has 1 aliphatic rings. The molecule has 0 spiro atoms. The van der Waals surface area contributed by atoms with Gasteiger partial charge in [0.15, 0.2) is 5.54 Å². The van der Waals surface area contributed by atoms with Crippen LogP contribution in [0.4, 0.5) is 5.69 Å². The van der Waals surface area contributed by atoms with Crippen molar-refractivity contribution in [1.82, 2.24) is 0 Å². The lowest BCUT2D eigenvalue weighted by molar-refractivity contribution is -0.384. The predicted octanol–water partition coefficient (Wildman–Crippen LogP) is 1.25. The molecule has 0 heterocycles. The molecule has 1 atom stereocenters. The first-order valence-corrected chi connectivity index (χ1v) is 6.22. The van der Waals surface area contributed by atoms with E-state index >= 15 is 0 Å². The first kappa shape index (κ1) is 14.3. The molecule has 7 heteroatoms. The van der Waals surface area contributed by atoms with Crippen molar-refractivity contribution in [1.29, 1.82) is 0 Å². The molecule has 1 fully saturated rings. The van der Waals surface area contributed by atoms with Gasteiger partial charge in [0.2, 0.25) is 0 Å². The number of nitrogens with two attached hydrogens (primary N) is 1. The Balaban J connectivity index is 2.02. The second-order valence-electron chi connectivity index (χ2n) is 4.85. The Morgan fingerprint density at radius 3 is 2.50 bits per heavy atom. The van der Waals surface area contributed by atoms with E-state index in [0.717, 1.165) is 12.8 Å². The molecule has 1 unspecified atom stereocenters. The van der Waals surface area contributed by atoms with Gasteiger partial charge >= 0.3 is 5.97 Å². The van der Waals surface area contributed by atoms with Gasteiger partial charge < -0.3 is 15.2 Å². The van der Waals surface area contributed by atoms with Gasteiger partial charge in [0.1, 0.15) is 12.4 Å². The highest BCUT2D eigenvalue weighted by molar-refractivity contribution is 5.81. The van der Waals surface area contributed by atoms with E-state index in [1.807, 2.05) is 0 Å². The van der Waals surface area contributed by atoms with Crippen LogP contribution in [0.25, 0.3) is 0 Å². The third kappa shape index (κ3) is 2.88. The third-order valence-corrected chi connectivity index (χ3v) is 3.40. The third-order valence-electron chi connectivity index (χ3n) is 3.40. The molecule has 0 bridgehead atoms. The fourth-order valence-corrected chi connectivity index (χ4v) is 2.00. The Bertz CT molecular complexity index is 512. The van der Waals surface area contributed by atoms with Crippen LogP contribution >= 0.6 is 0 Å². The minimum atomic E-state index is -1.16. The first-order valence-electron chi connectivity index (χ1n) is 6.22. The summed E-state index contributed by atoms with van der Waals surface area (Å²) in [6.45, 7) is -0.0118. The number of nitro benzene ring substituents is 1. The van der Waals surface area contributed by atoms with Crippen LogP contribution in [0, 0.1) is 16.0 Å². The zero-order valence-corrected chi connectivity index (χ0v) is 11.1. The Morgan fingerprint density at radius 2 is 2.05 bits per heavy atom. The number of nitrogens with zero attached hydrogens (tertiary/aromatic N) is 1. The maximum Gasteiger partial charge on any atom is 0.329 e. The predicted molar refractivity (Wildman–Crippen MR) is 70.2 cm³/mol. The first-order chi connectivity index (χ1) is 9.47. The molecule has 2 N–H and O–H groups in total. The molecule has 1 saturated carbocycles. The summed E-state index contributed by atoms with van der Waals surface area (Å²) < 4.78 is 10.2. The molecular weight excluding hydrogens is 264 g/mol. The number of benzene rings is 1. The lowest BCUT2D eigenvalue weighted by Gasteiger charge is -2.26. The number of hydrogen-bond donors (Lipinski definition) is 1. The summed E-state index contributed by atoms with van der Waals surface area (Å²) in [5, 5.41) is 10.5. The number of esters is 1. The van der Waals surface area contributed by atoms with Gasteiger partial charge in [0, 0.05) is 12.1 Å². The smallest absolute Gasteiger partial charge is 0.329 e. The van der Waals surface area contributed by atoms with Crippen molar-refractivity contribution in [2.75, 3.05) is 13.7 Å². The maximum atomic E-state index is 11.8. The Morgan fingerprint density at radius 1 is 1.45 bits per heavy atom. The topological polar surface area (TPSA) is 105 Å². The number of methoxy groups -OCH3 is 1. The summed E-state index contributed by atoms with van der Waals surface area (Å²) in [6, 6.07) is 5.62. The summed E-state index contributed by atoms with van der Waals surface area (Å²) >= 11 is 0. The van der Waals surface area contributed by atoms with Gasteiger partial charge in [-0.1, -0.05) is 0 Å². The lowest BCUT2D eigenvalue weighted by Crippen LogP contribution is -2.55. The second-order valence-corrected chi connectivity index (χ2v) is 4.85. The molecular formula is C13H16N2O5. The Kier molecular flexibility index (Phi) is 3.89. The minimum absolute atomic E-state index is 0.0118. The van der Waals surface area contributed by atoms with Gasteiger partial charge in [0.25, 0.3) is 5.69 Å². The van der Waals surface area contributed by atoms with Crippen LogP contribution in [0.1, 0.15) is 12.8 Å².